The van der Waals surface area contributed by atoms with Gasteiger partial charge >= 0.3 is 0 Å². The molecule has 162 valence electrons. The van der Waals surface area contributed by atoms with Gasteiger partial charge in [-0.2, -0.15) is 0 Å². The highest BCUT2D eigenvalue weighted by Crippen LogP contribution is 2.25. The molecule has 0 aliphatic heterocycles. The summed E-state index contributed by atoms with van der Waals surface area (Å²) >= 11 is 0. The maximum Gasteiger partial charge on any atom is 0.261 e. The first-order valence-electron chi connectivity index (χ1n) is 10.7. The molecule has 0 radical (unpaired) electrons. The zero-order chi connectivity index (χ0) is 22.2. The Kier molecular flexibility index (Phi) is 7.65. The predicted octanol–water partition coefficient (Wildman–Crippen LogP) is 4.41. The van der Waals surface area contributed by atoms with Crippen molar-refractivity contribution in [3.63, 3.8) is 0 Å². The number of benzene rings is 3. The van der Waals surface area contributed by atoms with Crippen molar-refractivity contribution in [2.24, 2.45) is 5.92 Å². The third-order valence-electron chi connectivity index (χ3n) is 5.15. The lowest BCUT2D eigenvalue weighted by molar-refractivity contribution is -0.142. The summed E-state index contributed by atoms with van der Waals surface area (Å²) in [5.41, 5.74) is 0.963. The Morgan fingerprint density at radius 3 is 2.32 bits per heavy atom. The third-order valence-corrected chi connectivity index (χ3v) is 5.15. The van der Waals surface area contributed by atoms with E-state index in [2.05, 4.69) is 5.32 Å². The molecule has 0 aliphatic carbocycles. The lowest BCUT2D eigenvalue weighted by atomic mass is 10.1. The van der Waals surface area contributed by atoms with Crippen molar-refractivity contribution in [2.75, 3.05) is 13.2 Å². The van der Waals surface area contributed by atoms with Gasteiger partial charge in [0, 0.05) is 18.5 Å². The SMILES string of the molecule is CC(C)CNC(=O)[C@@H](C)N(Cc1ccccc1)C(=O)COc1cccc2ccccc12. The van der Waals surface area contributed by atoms with Crippen molar-refractivity contribution < 1.29 is 14.3 Å². The Bertz CT molecular complexity index is 1010. The lowest BCUT2D eigenvalue weighted by Gasteiger charge is -2.29. The molecule has 0 fully saturated rings. The van der Waals surface area contributed by atoms with Crippen LogP contribution >= 0.6 is 0 Å². The van der Waals surface area contributed by atoms with E-state index in [-0.39, 0.29) is 18.4 Å². The summed E-state index contributed by atoms with van der Waals surface area (Å²) < 4.78 is 5.90. The zero-order valence-electron chi connectivity index (χ0n) is 18.4. The Morgan fingerprint density at radius 2 is 1.58 bits per heavy atom. The smallest absolute Gasteiger partial charge is 0.261 e. The van der Waals surface area contributed by atoms with Gasteiger partial charge in [-0.3, -0.25) is 9.59 Å². The van der Waals surface area contributed by atoms with Crippen LogP contribution in [-0.2, 0) is 16.1 Å². The molecule has 3 rings (SSSR count). The summed E-state index contributed by atoms with van der Waals surface area (Å²) in [5.74, 6) is 0.597. The van der Waals surface area contributed by atoms with Gasteiger partial charge < -0.3 is 15.0 Å². The highest BCUT2D eigenvalue weighted by atomic mass is 16.5. The number of amides is 2. The Balaban J connectivity index is 1.75. The van der Waals surface area contributed by atoms with Crippen LogP contribution in [0, 0.1) is 5.92 Å². The molecule has 0 aromatic heterocycles. The van der Waals surface area contributed by atoms with Crippen LogP contribution in [-0.4, -0.2) is 35.9 Å². The van der Waals surface area contributed by atoms with Crippen LogP contribution in [0.3, 0.4) is 0 Å². The number of hydrogen-bond acceptors (Lipinski definition) is 3. The predicted molar refractivity (Wildman–Crippen MR) is 124 cm³/mol. The lowest BCUT2D eigenvalue weighted by Crippen LogP contribution is -2.49. The number of fused-ring (bicyclic) bond motifs is 1. The number of carbonyl (C=O) groups excluding carboxylic acids is 2. The van der Waals surface area contributed by atoms with Crippen LogP contribution in [0.25, 0.3) is 10.8 Å². The minimum Gasteiger partial charge on any atom is -0.483 e. The third kappa shape index (κ3) is 6.07. The van der Waals surface area contributed by atoms with E-state index in [1.807, 2.05) is 86.6 Å². The van der Waals surface area contributed by atoms with E-state index in [0.29, 0.717) is 24.8 Å². The van der Waals surface area contributed by atoms with Crippen LogP contribution in [0.2, 0.25) is 0 Å². The Labute approximate surface area is 184 Å². The molecule has 1 N–H and O–H groups in total. The van der Waals surface area contributed by atoms with Crippen LogP contribution < -0.4 is 10.1 Å². The van der Waals surface area contributed by atoms with Crippen LogP contribution in [0.1, 0.15) is 26.3 Å². The maximum atomic E-state index is 13.2. The fourth-order valence-electron chi connectivity index (χ4n) is 3.36. The van der Waals surface area contributed by atoms with E-state index in [1.165, 1.54) is 0 Å². The highest BCUT2D eigenvalue weighted by molar-refractivity contribution is 5.90. The Hall–Kier alpha value is -3.34. The molecule has 0 saturated heterocycles. The standard InChI is InChI=1S/C26H30N2O3/c1-19(2)16-27-26(30)20(3)28(17-21-10-5-4-6-11-21)25(29)18-31-24-15-9-13-22-12-7-8-14-23(22)24/h4-15,19-20H,16-18H2,1-3H3,(H,27,30)/t20-/m1/s1. The van der Waals surface area contributed by atoms with Gasteiger partial charge in [0.25, 0.3) is 5.91 Å². The van der Waals surface area contributed by atoms with E-state index < -0.39 is 6.04 Å². The molecule has 0 heterocycles. The number of hydrogen-bond donors (Lipinski definition) is 1. The molecular weight excluding hydrogens is 388 g/mol. The quantitative estimate of drug-likeness (QED) is 0.560. The fraction of sp³-hybridized carbons (Fsp3) is 0.308. The second kappa shape index (κ2) is 10.6. The summed E-state index contributed by atoms with van der Waals surface area (Å²) in [6.07, 6.45) is 0. The number of carbonyl (C=O) groups is 2. The molecule has 2 amide bonds. The van der Waals surface area contributed by atoms with Crippen LogP contribution in [0.5, 0.6) is 5.75 Å². The summed E-state index contributed by atoms with van der Waals surface area (Å²) in [6.45, 7) is 6.61. The molecule has 5 heteroatoms. The molecule has 1 atom stereocenters. The summed E-state index contributed by atoms with van der Waals surface area (Å²) in [6, 6.07) is 22.7. The first kappa shape index (κ1) is 22.3. The topological polar surface area (TPSA) is 58.6 Å². The van der Waals surface area contributed by atoms with E-state index in [9.17, 15) is 9.59 Å². The summed E-state index contributed by atoms with van der Waals surface area (Å²) in [5, 5.41) is 4.93. The number of rotatable bonds is 9. The molecule has 3 aromatic carbocycles. The molecule has 0 bridgehead atoms. The highest BCUT2D eigenvalue weighted by Gasteiger charge is 2.26. The van der Waals surface area contributed by atoms with Gasteiger partial charge in [-0.05, 0) is 29.9 Å². The second-order valence-corrected chi connectivity index (χ2v) is 8.09. The average molecular weight is 419 g/mol. The largest absolute Gasteiger partial charge is 0.483 e. The number of nitrogens with zero attached hydrogens (tertiary/aromatic N) is 1. The van der Waals surface area contributed by atoms with Gasteiger partial charge in [0.05, 0.1) is 0 Å². The van der Waals surface area contributed by atoms with Gasteiger partial charge in [0.15, 0.2) is 6.61 Å². The first-order chi connectivity index (χ1) is 15.0. The molecule has 5 nitrogen and oxygen atoms in total. The van der Waals surface area contributed by atoms with Crippen LogP contribution in [0.4, 0.5) is 0 Å². The minimum atomic E-state index is -0.609. The number of ether oxygens (including phenoxy) is 1. The van der Waals surface area contributed by atoms with Crippen molar-refractivity contribution in [2.45, 2.75) is 33.4 Å². The fourth-order valence-corrected chi connectivity index (χ4v) is 3.36. The first-order valence-corrected chi connectivity index (χ1v) is 10.7. The van der Waals surface area contributed by atoms with E-state index in [0.717, 1.165) is 16.3 Å². The van der Waals surface area contributed by atoms with Gasteiger partial charge in [0.1, 0.15) is 11.8 Å². The van der Waals surface area contributed by atoms with Crippen molar-refractivity contribution in [1.29, 1.82) is 0 Å². The van der Waals surface area contributed by atoms with Gasteiger partial charge in [0.2, 0.25) is 5.91 Å². The average Bonchev–Trinajstić information content (AvgIpc) is 2.79. The van der Waals surface area contributed by atoms with Crippen molar-refractivity contribution in [3.05, 3.63) is 78.4 Å². The van der Waals surface area contributed by atoms with Crippen molar-refractivity contribution >= 4 is 22.6 Å². The molecule has 0 spiro atoms. The van der Waals surface area contributed by atoms with Gasteiger partial charge in [-0.1, -0.05) is 80.6 Å². The van der Waals surface area contributed by atoms with Gasteiger partial charge in [-0.15, -0.1) is 0 Å². The monoisotopic (exact) mass is 418 g/mol. The normalized spacial score (nSPS) is 11.9. The zero-order valence-corrected chi connectivity index (χ0v) is 18.4. The summed E-state index contributed by atoms with van der Waals surface area (Å²) in [7, 11) is 0. The van der Waals surface area contributed by atoms with Crippen LogP contribution in [0.15, 0.2) is 72.8 Å². The van der Waals surface area contributed by atoms with Crippen molar-refractivity contribution in [3.8, 4) is 5.75 Å². The van der Waals surface area contributed by atoms with E-state index in [4.69, 9.17) is 4.74 Å². The van der Waals surface area contributed by atoms with E-state index >= 15 is 0 Å². The molecule has 0 saturated carbocycles. The minimum absolute atomic E-state index is 0.136. The molecule has 0 aliphatic rings. The Morgan fingerprint density at radius 1 is 0.903 bits per heavy atom. The number of nitrogens with one attached hydrogen (secondary N) is 1. The molecule has 3 aromatic rings. The molecule has 31 heavy (non-hydrogen) atoms. The van der Waals surface area contributed by atoms with Crippen molar-refractivity contribution in [1.82, 2.24) is 10.2 Å². The molecular formula is C26H30N2O3. The van der Waals surface area contributed by atoms with Gasteiger partial charge in [-0.25, -0.2) is 0 Å². The van der Waals surface area contributed by atoms with E-state index in [1.54, 1.807) is 11.8 Å². The summed E-state index contributed by atoms with van der Waals surface area (Å²) in [4.78, 5) is 27.4. The molecule has 0 unspecified atom stereocenters. The second-order valence-electron chi connectivity index (χ2n) is 8.09. The maximum absolute atomic E-state index is 13.2.